The molecule has 1 saturated heterocycles. The second-order valence-electron chi connectivity index (χ2n) is 5.74. The van der Waals surface area contributed by atoms with E-state index in [-0.39, 0.29) is 17.2 Å². The predicted octanol–water partition coefficient (Wildman–Crippen LogP) is 1.61. The second kappa shape index (κ2) is 4.56. The molecule has 1 fully saturated rings. The van der Waals surface area contributed by atoms with Crippen LogP contribution in [0, 0.1) is 5.82 Å². The van der Waals surface area contributed by atoms with Crippen molar-refractivity contribution in [1.82, 2.24) is 10.3 Å². The normalized spacial score (nSPS) is 24.3. The molecular formula is C14H15FN2O3S. The fourth-order valence-electron chi connectivity index (χ4n) is 2.69. The van der Waals surface area contributed by atoms with Gasteiger partial charge in [-0.2, -0.15) is 0 Å². The Morgan fingerprint density at radius 3 is 2.81 bits per heavy atom. The van der Waals surface area contributed by atoms with Crippen molar-refractivity contribution in [3.05, 3.63) is 35.8 Å². The summed E-state index contributed by atoms with van der Waals surface area (Å²) in [6, 6.07) is 5.99. The molecule has 1 aliphatic rings. The zero-order valence-corrected chi connectivity index (χ0v) is 12.3. The molecule has 0 saturated carbocycles. The summed E-state index contributed by atoms with van der Waals surface area (Å²) in [5, 5.41) is 3.08. The van der Waals surface area contributed by atoms with Crippen LogP contribution in [0.3, 0.4) is 0 Å². The average Bonchev–Trinajstić information content (AvgIpc) is 2.92. The van der Waals surface area contributed by atoms with Crippen molar-refractivity contribution in [3.8, 4) is 0 Å². The van der Waals surface area contributed by atoms with Crippen molar-refractivity contribution in [2.75, 3.05) is 11.5 Å². The highest BCUT2D eigenvalue weighted by atomic mass is 32.2. The SMILES string of the molecule is CC1(NC(=O)c2cc3c(F)cccc3[nH]2)CCS(=O)(=O)C1. The van der Waals surface area contributed by atoms with E-state index >= 15 is 0 Å². The number of fused-ring (bicyclic) bond motifs is 1. The van der Waals surface area contributed by atoms with Gasteiger partial charge < -0.3 is 10.3 Å². The first-order valence-corrected chi connectivity index (χ1v) is 8.40. The first kappa shape index (κ1) is 14.1. The zero-order valence-electron chi connectivity index (χ0n) is 11.4. The molecule has 7 heteroatoms. The van der Waals surface area contributed by atoms with Crippen LogP contribution in [0.1, 0.15) is 23.8 Å². The number of carbonyl (C=O) groups is 1. The Balaban J connectivity index is 1.86. The summed E-state index contributed by atoms with van der Waals surface area (Å²) >= 11 is 0. The molecule has 0 spiro atoms. The number of H-pyrrole nitrogens is 1. The number of hydrogen-bond acceptors (Lipinski definition) is 3. The van der Waals surface area contributed by atoms with E-state index in [1.54, 1.807) is 19.1 Å². The van der Waals surface area contributed by atoms with Crippen LogP contribution in [-0.2, 0) is 9.84 Å². The summed E-state index contributed by atoms with van der Waals surface area (Å²) < 4.78 is 36.7. The van der Waals surface area contributed by atoms with Gasteiger partial charge >= 0.3 is 0 Å². The van der Waals surface area contributed by atoms with Gasteiger partial charge in [-0.15, -0.1) is 0 Å². The van der Waals surface area contributed by atoms with E-state index in [2.05, 4.69) is 10.3 Å². The van der Waals surface area contributed by atoms with Gasteiger partial charge in [-0.1, -0.05) is 6.07 Å². The van der Waals surface area contributed by atoms with Crippen molar-refractivity contribution in [2.24, 2.45) is 0 Å². The first-order valence-electron chi connectivity index (χ1n) is 6.58. The van der Waals surface area contributed by atoms with Crippen LogP contribution in [0.4, 0.5) is 4.39 Å². The van der Waals surface area contributed by atoms with E-state index < -0.39 is 27.1 Å². The number of aromatic nitrogens is 1. The molecule has 3 rings (SSSR count). The Hall–Kier alpha value is -1.89. The number of amides is 1. The predicted molar refractivity (Wildman–Crippen MR) is 77.4 cm³/mol. The van der Waals surface area contributed by atoms with Gasteiger partial charge in [0.2, 0.25) is 0 Å². The molecule has 1 amide bonds. The first-order chi connectivity index (χ1) is 9.78. The Kier molecular flexibility index (Phi) is 3.05. The molecule has 0 bridgehead atoms. The van der Waals surface area contributed by atoms with E-state index in [1.807, 2.05) is 0 Å². The number of carbonyl (C=O) groups excluding carboxylic acids is 1. The summed E-state index contributed by atoms with van der Waals surface area (Å²) in [6.45, 7) is 1.71. The van der Waals surface area contributed by atoms with Crippen LogP contribution in [0.15, 0.2) is 24.3 Å². The van der Waals surface area contributed by atoms with Crippen LogP contribution in [0.2, 0.25) is 0 Å². The van der Waals surface area contributed by atoms with Gasteiger partial charge in [-0.25, -0.2) is 12.8 Å². The number of aromatic amines is 1. The number of hydrogen-bond donors (Lipinski definition) is 2. The van der Waals surface area contributed by atoms with E-state index in [4.69, 9.17) is 0 Å². The topological polar surface area (TPSA) is 79.0 Å². The fraction of sp³-hybridized carbons (Fsp3) is 0.357. The molecule has 5 nitrogen and oxygen atoms in total. The summed E-state index contributed by atoms with van der Waals surface area (Å²) in [4.78, 5) is 15.1. The van der Waals surface area contributed by atoms with Crippen molar-refractivity contribution in [1.29, 1.82) is 0 Å². The maximum atomic E-state index is 13.6. The molecular weight excluding hydrogens is 295 g/mol. The minimum Gasteiger partial charge on any atom is -0.350 e. The van der Waals surface area contributed by atoms with Crippen molar-refractivity contribution >= 4 is 26.6 Å². The van der Waals surface area contributed by atoms with Crippen LogP contribution >= 0.6 is 0 Å². The average molecular weight is 310 g/mol. The number of rotatable bonds is 2. The molecule has 0 radical (unpaired) electrons. The summed E-state index contributed by atoms with van der Waals surface area (Å²) in [5.74, 6) is -0.825. The largest absolute Gasteiger partial charge is 0.350 e. The molecule has 112 valence electrons. The van der Waals surface area contributed by atoms with Gasteiger partial charge in [0.1, 0.15) is 11.5 Å². The lowest BCUT2D eigenvalue weighted by Crippen LogP contribution is -2.47. The third-order valence-corrected chi connectivity index (χ3v) is 5.68. The number of halogens is 1. The minimum atomic E-state index is -3.10. The van der Waals surface area contributed by atoms with Gasteiger partial charge in [0.25, 0.3) is 5.91 Å². The molecule has 1 unspecified atom stereocenters. The second-order valence-corrected chi connectivity index (χ2v) is 7.92. The standard InChI is InChI=1S/C14H15FN2O3S/c1-14(5-6-21(19,20)8-14)17-13(18)12-7-9-10(15)3-2-4-11(9)16-12/h2-4,7,16H,5-6,8H2,1H3,(H,17,18). The molecule has 21 heavy (non-hydrogen) atoms. The molecule has 2 aromatic rings. The molecule has 1 atom stereocenters. The monoisotopic (exact) mass is 310 g/mol. The Bertz CT molecular complexity index is 828. The Morgan fingerprint density at radius 2 is 2.19 bits per heavy atom. The lowest BCUT2D eigenvalue weighted by molar-refractivity contribution is 0.0911. The molecule has 2 N–H and O–H groups in total. The lowest BCUT2D eigenvalue weighted by atomic mass is 10.0. The maximum Gasteiger partial charge on any atom is 0.268 e. The van der Waals surface area contributed by atoms with E-state index in [0.29, 0.717) is 17.3 Å². The van der Waals surface area contributed by atoms with Gasteiger partial charge in [-0.3, -0.25) is 4.79 Å². The van der Waals surface area contributed by atoms with E-state index in [9.17, 15) is 17.6 Å². The summed E-state index contributed by atoms with van der Waals surface area (Å²) in [6.07, 6.45) is 0.385. The molecule has 2 heterocycles. The van der Waals surface area contributed by atoms with Crippen molar-refractivity contribution < 1.29 is 17.6 Å². The summed E-state index contributed by atoms with van der Waals surface area (Å²) in [5.41, 5.74) is -0.0175. The fourth-order valence-corrected chi connectivity index (χ4v) is 4.78. The molecule has 0 aliphatic carbocycles. The van der Waals surface area contributed by atoms with Gasteiger partial charge in [0.15, 0.2) is 9.84 Å². The van der Waals surface area contributed by atoms with Gasteiger partial charge in [0.05, 0.1) is 17.0 Å². The van der Waals surface area contributed by atoms with Crippen LogP contribution < -0.4 is 5.32 Å². The maximum absolute atomic E-state index is 13.6. The lowest BCUT2D eigenvalue weighted by Gasteiger charge is -2.23. The molecule has 1 aromatic heterocycles. The highest BCUT2D eigenvalue weighted by Gasteiger charge is 2.39. The van der Waals surface area contributed by atoms with E-state index in [0.717, 1.165) is 0 Å². The third-order valence-electron chi connectivity index (χ3n) is 3.77. The van der Waals surface area contributed by atoms with Crippen LogP contribution in [0.5, 0.6) is 0 Å². The number of benzene rings is 1. The number of nitrogens with one attached hydrogen (secondary N) is 2. The van der Waals surface area contributed by atoms with Crippen molar-refractivity contribution in [3.63, 3.8) is 0 Å². The smallest absolute Gasteiger partial charge is 0.268 e. The third kappa shape index (κ3) is 2.65. The summed E-state index contributed by atoms with van der Waals surface area (Å²) in [7, 11) is -3.10. The van der Waals surface area contributed by atoms with Gasteiger partial charge in [-0.05, 0) is 31.5 Å². The Morgan fingerprint density at radius 1 is 1.43 bits per heavy atom. The van der Waals surface area contributed by atoms with Crippen LogP contribution in [0.25, 0.3) is 10.9 Å². The molecule has 1 aliphatic heterocycles. The highest BCUT2D eigenvalue weighted by molar-refractivity contribution is 7.91. The quantitative estimate of drug-likeness (QED) is 0.884. The number of sulfone groups is 1. The molecule has 1 aromatic carbocycles. The Labute approximate surface area is 121 Å². The highest BCUT2D eigenvalue weighted by Crippen LogP contribution is 2.24. The minimum absolute atomic E-state index is 0.0691. The van der Waals surface area contributed by atoms with Gasteiger partial charge in [0, 0.05) is 10.9 Å². The van der Waals surface area contributed by atoms with E-state index in [1.165, 1.54) is 12.1 Å². The van der Waals surface area contributed by atoms with Crippen LogP contribution in [-0.4, -0.2) is 36.4 Å². The van der Waals surface area contributed by atoms with Crippen molar-refractivity contribution in [2.45, 2.75) is 18.9 Å². The zero-order chi connectivity index (χ0) is 15.3.